The van der Waals surface area contributed by atoms with Gasteiger partial charge in [-0.2, -0.15) is 0 Å². The molecule has 0 aromatic carbocycles. The van der Waals surface area contributed by atoms with Crippen molar-refractivity contribution in [3.63, 3.8) is 0 Å². The number of carbonyl (C=O) groups is 5. The zero-order chi connectivity index (χ0) is 22.7. The molecule has 0 aliphatic rings. The highest BCUT2D eigenvalue weighted by Gasteiger charge is 2.26. The predicted octanol–water partition coefficient (Wildman–Crippen LogP) is -0.813. The molecule has 0 aliphatic carbocycles. The quantitative estimate of drug-likeness (QED) is 0.229. The van der Waals surface area contributed by atoms with Crippen LogP contribution in [-0.4, -0.2) is 74.5 Å². The zero-order valence-electron chi connectivity index (χ0n) is 16.8. The highest BCUT2D eigenvalue weighted by molar-refractivity contribution is 7.99. The smallest absolute Gasteiger partial charge is 0.326 e. The van der Waals surface area contributed by atoms with Crippen molar-refractivity contribution in [1.82, 2.24) is 10.2 Å². The molecule has 3 amide bonds. The number of carbonyl (C=O) groups excluding carboxylic acids is 3. The second-order valence-electron chi connectivity index (χ2n) is 6.85. The van der Waals surface area contributed by atoms with Gasteiger partial charge in [-0.15, -0.1) is 11.8 Å². The number of nitrogens with one attached hydrogen (secondary N) is 1. The molecule has 3 atom stereocenters. The van der Waals surface area contributed by atoms with Crippen LogP contribution in [0.4, 0.5) is 0 Å². The van der Waals surface area contributed by atoms with Crippen molar-refractivity contribution in [1.29, 1.82) is 0 Å². The third-order valence-corrected chi connectivity index (χ3v) is 5.02. The number of rotatable bonds is 13. The van der Waals surface area contributed by atoms with Crippen LogP contribution in [0, 0.1) is 5.92 Å². The molecule has 166 valence electrons. The van der Waals surface area contributed by atoms with Crippen molar-refractivity contribution in [3.8, 4) is 0 Å². The van der Waals surface area contributed by atoms with E-state index in [9.17, 15) is 24.0 Å². The van der Waals surface area contributed by atoms with E-state index in [2.05, 4.69) is 5.32 Å². The first-order valence-corrected chi connectivity index (χ1v) is 10.2. The van der Waals surface area contributed by atoms with E-state index in [0.29, 0.717) is 0 Å². The summed E-state index contributed by atoms with van der Waals surface area (Å²) >= 11 is 1.08. The van der Waals surface area contributed by atoms with Crippen LogP contribution in [0.25, 0.3) is 0 Å². The first-order chi connectivity index (χ1) is 13.4. The molecule has 7 N–H and O–H groups in total. The van der Waals surface area contributed by atoms with Crippen molar-refractivity contribution in [2.75, 3.05) is 11.6 Å². The molecule has 11 nitrogen and oxygen atoms in total. The minimum atomic E-state index is -1.16. The summed E-state index contributed by atoms with van der Waals surface area (Å²) in [6, 6.07) is -3.15. The Bertz CT molecular complexity index is 615. The summed E-state index contributed by atoms with van der Waals surface area (Å²) < 4.78 is 0. The number of carboxylic acid groups (broad SMARTS) is 2. The van der Waals surface area contributed by atoms with E-state index in [1.165, 1.54) is 6.92 Å². The van der Waals surface area contributed by atoms with Gasteiger partial charge < -0.3 is 27.0 Å². The molecule has 0 aliphatic heterocycles. The van der Waals surface area contributed by atoms with Crippen molar-refractivity contribution >= 4 is 41.4 Å². The van der Waals surface area contributed by atoms with Gasteiger partial charge in [-0.25, -0.2) is 4.79 Å². The summed E-state index contributed by atoms with van der Waals surface area (Å²) in [6.45, 7) is 4.52. The molecular formula is C17H30N4O7S. The zero-order valence-corrected chi connectivity index (χ0v) is 17.6. The molecule has 0 bridgehead atoms. The Morgan fingerprint density at radius 3 is 2.07 bits per heavy atom. The first kappa shape index (κ1) is 26.8. The molecule has 0 rings (SSSR count). The van der Waals surface area contributed by atoms with Crippen molar-refractivity contribution in [2.24, 2.45) is 17.4 Å². The number of nitrogens with zero attached hydrogens (tertiary/aromatic N) is 1. The van der Waals surface area contributed by atoms with E-state index >= 15 is 0 Å². The van der Waals surface area contributed by atoms with Crippen LogP contribution in [0.15, 0.2) is 0 Å². The molecule has 0 spiro atoms. The molecule has 0 unspecified atom stereocenters. The second-order valence-corrected chi connectivity index (χ2v) is 7.85. The lowest BCUT2D eigenvalue weighted by molar-refractivity contribution is -0.143. The fourth-order valence-corrected chi connectivity index (χ4v) is 3.21. The first-order valence-electron chi connectivity index (χ1n) is 9.04. The summed E-state index contributed by atoms with van der Waals surface area (Å²) in [5.74, 6) is -4.22. The van der Waals surface area contributed by atoms with Gasteiger partial charge in [0, 0.05) is 19.1 Å². The average Bonchev–Trinajstić information content (AvgIpc) is 2.61. The molecule has 0 fully saturated rings. The number of imide groups is 1. The minimum Gasteiger partial charge on any atom is -0.480 e. The fraction of sp³-hybridized carbons (Fsp3) is 0.706. The van der Waals surface area contributed by atoms with Crippen LogP contribution in [0.3, 0.4) is 0 Å². The van der Waals surface area contributed by atoms with Gasteiger partial charge in [-0.05, 0) is 18.8 Å². The van der Waals surface area contributed by atoms with Gasteiger partial charge in [0.2, 0.25) is 17.7 Å². The molecule has 0 saturated carbocycles. The Kier molecular flexibility index (Phi) is 12.1. The Hall–Kier alpha value is -2.18. The molecule has 29 heavy (non-hydrogen) atoms. The van der Waals surface area contributed by atoms with Crippen molar-refractivity contribution in [3.05, 3.63) is 0 Å². The summed E-state index contributed by atoms with van der Waals surface area (Å²) in [5.41, 5.74) is 11.1. The standard InChI is InChI=1S/C17H30N4O7S/c1-9(2)14(17(27)28)20-15(24)12(19)7-29-8-21(10(3)22)13(23)6-4-5-11(18)16(25)26/h9,11-12,14H,4-8,18-19H2,1-3H3,(H,20,24)(H,25,26)(H,27,28)/t11-,12-,14+/m0/s1. The van der Waals surface area contributed by atoms with Crippen LogP contribution >= 0.6 is 11.8 Å². The number of amides is 3. The summed E-state index contributed by atoms with van der Waals surface area (Å²) in [7, 11) is 0. The maximum atomic E-state index is 12.2. The second kappa shape index (κ2) is 13.1. The fourth-order valence-electron chi connectivity index (χ4n) is 2.19. The van der Waals surface area contributed by atoms with Gasteiger partial charge in [0.05, 0.1) is 11.9 Å². The van der Waals surface area contributed by atoms with E-state index in [4.69, 9.17) is 21.7 Å². The summed E-state index contributed by atoms with van der Waals surface area (Å²) in [5, 5.41) is 20.2. The number of aliphatic carboxylic acids is 2. The van der Waals surface area contributed by atoms with Gasteiger partial charge in [-0.3, -0.25) is 24.1 Å². The van der Waals surface area contributed by atoms with E-state index in [-0.39, 0.29) is 36.8 Å². The molecule has 0 saturated heterocycles. The number of nitrogens with two attached hydrogens (primary N) is 2. The van der Waals surface area contributed by atoms with Gasteiger partial charge in [-0.1, -0.05) is 13.8 Å². The highest BCUT2D eigenvalue weighted by atomic mass is 32.2. The van der Waals surface area contributed by atoms with Gasteiger partial charge in [0.25, 0.3) is 0 Å². The third-order valence-electron chi connectivity index (χ3n) is 3.99. The number of thioether (sulfide) groups is 1. The van der Waals surface area contributed by atoms with E-state index in [1.807, 2.05) is 0 Å². The Morgan fingerprint density at radius 2 is 1.62 bits per heavy atom. The van der Waals surface area contributed by atoms with Crippen molar-refractivity contribution in [2.45, 2.75) is 58.2 Å². The topological polar surface area (TPSA) is 193 Å². The number of hydrogen-bond donors (Lipinski definition) is 5. The largest absolute Gasteiger partial charge is 0.480 e. The van der Waals surface area contributed by atoms with Gasteiger partial charge in [0.15, 0.2) is 0 Å². The summed E-state index contributed by atoms with van der Waals surface area (Å²) in [6.07, 6.45) is 0.280. The maximum Gasteiger partial charge on any atom is 0.326 e. The van der Waals surface area contributed by atoms with Crippen LogP contribution < -0.4 is 16.8 Å². The lowest BCUT2D eigenvalue weighted by Crippen LogP contribution is -2.51. The van der Waals surface area contributed by atoms with Gasteiger partial charge >= 0.3 is 11.9 Å². The molecular weight excluding hydrogens is 404 g/mol. The van der Waals surface area contributed by atoms with E-state index in [1.54, 1.807) is 13.8 Å². The van der Waals surface area contributed by atoms with Crippen LogP contribution in [0.5, 0.6) is 0 Å². The average molecular weight is 435 g/mol. The lowest BCUT2D eigenvalue weighted by Gasteiger charge is -2.22. The Labute approximate surface area is 173 Å². The monoisotopic (exact) mass is 434 g/mol. The van der Waals surface area contributed by atoms with Crippen LogP contribution in [0.1, 0.15) is 40.0 Å². The summed E-state index contributed by atoms with van der Waals surface area (Å²) in [4.78, 5) is 58.7. The molecule has 0 radical (unpaired) electrons. The van der Waals surface area contributed by atoms with Crippen LogP contribution in [0.2, 0.25) is 0 Å². The Morgan fingerprint density at radius 1 is 1.03 bits per heavy atom. The van der Waals surface area contributed by atoms with Crippen molar-refractivity contribution < 1.29 is 34.2 Å². The molecule has 0 heterocycles. The van der Waals surface area contributed by atoms with E-state index < -0.39 is 47.8 Å². The van der Waals surface area contributed by atoms with Crippen LogP contribution in [-0.2, 0) is 24.0 Å². The number of carboxylic acids is 2. The predicted molar refractivity (Wildman–Crippen MR) is 107 cm³/mol. The normalized spacial score (nSPS) is 14.0. The number of hydrogen-bond acceptors (Lipinski definition) is 8. The maximum absolute atomic E-state index is 12.2. The minimum absolute atomic E-state index is 0.0350. The lowest BCUT2D eigenvalue weighted by atomic mass is 10.0. The van der Waals surface area contributed by atoms with E-state index in [0.717, 1.165) is 16.7 Å². The van der Waals surface area contributed by atoms with Gasteiger partial charge in [0.1, 0.15) is 12.1 Å². The SMILES string of the molecule is CC(=O)N(CSC[C@H](N)C(=O)N[C@@H](C(=O)O)C(C)C)C(=O)CCC[C@H](N)C(=O)O. The molecule has 0 aromatic heterocycles. The molecule has 0 aromatic rings. The Balaban J connectivity index is 4.53. The third kappa shape index (κ3) is 10.2. The molecule has 12 heteroatoms. The highest BCUT2D eigenvalue weighted by Crippen LogP contribution is 2.11.